The summed E-state index contributed by atoms with van der Waals surface area (Å²) in [5.74, 6) is -0.375. The third-order valence-corrected chi connectivity index (χ3v) is 3.39. The fourth-order valence-electron chi connectivity index (χ4n) is 2.18. The van der Waals surface area contributed by atoms with Gasteiger partial charge in [0.2, 0.25) is 0 Å². The zero-order chi connectivity index (χ0) is 13.4. The Bertz CT molecular complexity index is 779. The van der Waals surface area contributed by atoms with Crippen LogP contribution < -0.4 is 0 Å². The number of nitrogens with one attached hydrogen (secondary N) is 1. The number of aldehydes is 1. The van der Waals surface area contributed by atoms with Gasteiger partial charge in [-0.25, -0.2) is 4.39 Å². The third kappa shape index (κ3) is 1.92. The molecule has 0 saturated carbocycles. The van der Waals surface area contributed by atoms with Gasteiger partial charge in [-0.05, 0) is 24.3 Å². The van der Waals surface area contributed by atoms with Crippen LogP contribution in [-0.2, 0) is 0 Å². The van der Waals surface area contributed by atoms with E-state index in [1.807, 2.05) is 18.2 Å². The molecule has 1 N–H and O–H groups in total. The smallest absolute Gasteiger partial charge is 0.152 e. The van der Waals surface area contributed by atoms with E-state index < -0.39 is 0 Å². The SMILES string of the molecule is O=Cc1c(-c2ccccc2Cl)[nH]c2ccc(F)cc12. The van der Waals surface area contributed by atoms with Gasteiger partial charge in [0.15, 0.2) is 6.29 Å². The Morgan fingerprint density at radius 1 is 1.16 bits per heavy atom. The first kappa shape index (κ1) is 11.9. The normalized spacial score (nSPS) is 10.8. The van der Waals surface area contributed by atoms with E-state index >= 15 is 0 Å². The second-order valence-corrected chi connectivity index (χ2v) is 4.61. The quantitative estimate of drug-likeness (QED) is 0.688. The van der Waals surface area contributed by atoms with Gasteiger partial charge in [-0.1, -0.05) is 29.8 Å². The number of H-pyrrole nitrogens is 1. The Hall–Kier alpha value is -2.13. The van der Waals surface area contributed by atoms with Gasteiger partial charge in [-0.2, -0.15) is 0 Å². The number of carbonyl (C=O) groups excluding carboxylic acids is 1. The minimum absolute atomic E-state index is 0.375. The predicted molar refractivity (Wildman–Crippen MR) is 74.1 cm³/mol. The summed E-state index contributed by atoms with van der Waals surface area (Å²) in [4.78, 5) is 14.4. The lowest BCUT2D eigenvalue weighted by atomic mass is 10.1. The van der Waals surface area contributed by atoms with Gasteiger partial charge in [-0.15, -0.1) is 0 Å². The van der Waals surface area contributed by atoms with Gasteiger partial charge in [0, 0.05) is 27.1 Å². The fraction of sp³-hybridized carbons (Fsp3) is 0. The minimum Gasteiger partial charge on any atom is -0.354 e. The maximum atomic E-state index is 13.3. The zero-order valence-corrected chi connectivity index (χ0v) is 10.5. The van der Waals surface area contributed by atoms with Crippen LogP contribution in [0.3, 0.4) is 0 Å². The van der Waals surface area contributed by atoms with Crippen molar-refractivity contribution < 1.29 is 9.18 Å². The summed E-state index contributed by atoms with van der Waals surface area (Å²) in [5.41, 5.74) is 2.46. The molecule has 0 spiro atoms. The highest BCUT2D eigenvalue weighted by Crippen LogP contribution is 2.33. The third-order valence-electron chi connectivity index (χ3n) is 3.06. The van der Waals surface area contributed by atoms with Gasteiger partial charge in [0.1, 0.15) is 5.82 Å². The van der Waals surface area contributed by atoms with Crippen molar-refractivity contribution in [3.05, 3.63) is 58.9 Å². The number of hydrogen-bond acceptors (Lipinski definition) is 1. The summed E-state index contributed by atoms with van der Waals surface area (Å²) in [6, 6.07) is 11.5. The van der Waals surface area contributed by atoms with E-state index in [9.17, 15) is 9.18 Å². The Labute approximate surface area is 113 Å². The van der Waals surface area contributed by atoms with Crippen LogP contribution in [0.25, 0.3) is 22.2 Å². The van der Waals surface area contributed by atoms with Gasteiger partial charge in [-0.3, -0.25) is 4.79 Å². The monoisotopic (exact) mass is 273 g/mol. The maximum Gasteiger partial charge on any atom is 0.152 e. The number of fused-ring (bicyclic) bond motifs is 1. The van der Waals surface area contributed by atoms with Gasteiger partial charge < -0.3 is 4.98 Å². The van der Waals surface area contributed by atoms with E-state index in [1.54, 1.807) is 12.1 Å². The number of hydrogen-bond donors (Lipinski definition) is 1. The molecule has 3 rings (SSSR count). The molecule has 1 heterocycles. The average Bonchev–Trinajstić information content (AvgIpc) is 2.76. The predicted octanol–water partition coefficient (Wildman–Crippen LogP) is 4.44. The Morgan fingerprint density at radius 2 is 1.95 bits per heavy atom. The molecule has 0 fully saturated rings. The minimum atomic E-state index is -0.375. The van der Waals surface area contributed by atoms with Gasteiger partial charge in [0.05, 0.1) is 5.69 Å². The van der Waals surface area contributed by atoms with Gasteiger partial charge in [0.25, 0.3) is 0 Å². The Balaban J connectivity index is 2.36. The van der Waals surface area contributed by atoms with E-state index in [0.717, 1.165) is 11.8 Å². The first-order valence-corrected chi connectivity index (χ1v) is 6.10. The van der Waals surface area contributed by atoms with Crippen LogP contribution in [0.2, 0.25) is 5.02 Å². The molecule has 0 bridgehead atoms. The van der Waals surface area contributed by atoms with Crippen LogP contribution in [-0.4, -0.2) is 11.3 Å². The largest absolute Gasteiger partial charge is 0.354 e. The molecular weight excluding hydrogens is 265 g/mol. The van der Waals surface area contributed by atoms with Crippen LogP contribution >= 0.6 is 11.6 Å². The van der Waals surface area contributed by atoms with Crippen LogP contribution in [0, 0.1) is 5.82 Å². The van der Waals surface area contributed by atoms with Crippen molar-refractivity contribution in [3.63, 3.8) is 0 Å². The number of rotatable bonds is 2. The molecule has 0 atom stereocenters. The summed E-state index contributed by atoms with van der Waals surface area (Å²) >= 11 is 6.14. The van der Waals surface area contributed by atoms with Crippen LogP contribution in [0.5, 0.6) is 0 Å². The number of benzene rings is 2. The van der Waals surface area contributed by atoms with Crippen molar-refractivity contribution in [2.24, 2.45) is 0 Å². The van der Waals surface area contributed by atoms with Crippen LogP contribution in [0.15, 0.2) is 42.5 Å². The first-order valence-electron chi connectivity index (χ1n) is 5.72. The number of aromatic nitrogens is 1. The van der Waals surface area contributed by atoms with Crippen molar-refractivity contribution in [1.82, 2.24) is 4.98 Å². The van der Waals surface area contributed by atoms with E-state index in [4.69, 9.17) is 11.6 Å². The molecule has 0 radical (unpaired) electrons. The second kappa shape index (κ2) is 4.52. The summed E-state index contributed by atoms with van der Waals surface area (Å²) in [7, 11) is 0. The Morgan fingerprint density at radius 3 is 2.68 bits per heavy atom. The average molecular weight is 274 g/mol. The van der Waals surface area contributed by atoms with E-state index in [-0.39, 0.29) is 5.82 Å². The molecule has 0 aliphatic rings. The lowest BCUT2D eigenvalue weighted by Gasteiger charge is -2.02. The highest BCUT2D eigenvalue weighted by Gasteiger charge is 2.14. The van der Waals surface area contributed by atoms with Crippen molar-refractivity contribution in [3.8, 4) is 11.3 Å². The molecular formula is C15H9ClFNO. The molecule has 2 aromatic carbocycles. The molecule has 4 heteroatoms. The topological polar surface area (TPSA) is 32.9 Å². The zero-order valence-electron chi connectivity index (χ0n) is 9.78. The molecule has 2 nitrogen and oxygen atoms in total. The molecule has 19 heavy (non-hydrogen) atoms. The van der Waals surface area contributed by atoms with Crippen molar-refractivity contribution in [1.29, 1.82) is 0 Å². The number of carbonyl (C=O) groups is 1. The molecule has 0 unspecified atom stereocenters. The van der Waals surface area contributed by atoms with E-state index in [0.29, 0.717) is 27.2 Å². The fourth-order valence-corrected chi connectivity index (χ4v) is 2.41. The van der Waals surface area contributed by atoms with Crippen LogP contribution in [0.1, 0.15) is 10.4 Å². The second-order valence-electron chi connectivity index (χ2n) is 4.20. The standard InChI is InChI=1S/C15H9ClFNO/c16-13-4-2-1-3-10(13)15-12(8-19)11-7-9(17)5-6-14(11)18-15/h1-8,18H. The first-order chi connectivity index (χ1) is 9.20. The van der Waals surface area contributed by atoms with Crippen molar-refractivity contribution >= 4 is 28.8 Å². The number of aromatic amines is 1. The molecule has 1 aromatic heterocycles. The molecule has 0 saturated heterocycles. The highest BCUT2D eigenvalue weighted by atomic mass is 35.5. The highest BCUT2D eigenvalue weighted by molar-refractivity contribution is 6.33. The Kier molecular flexibility index (Phi) is 2.84. The van der Waals surface area contributed by atoms with Gasteiger partial charge >= 0.3 is 0 Å². The summed E-state index contributed by atoms with van der Waals surface area (Å²) < 4.78 is 13.3. The molecule has 3 aromatic rings. The van der Waals surface area contributed by atoms with Crippen LogP contribution in [0.4, 0.5) is 4.39 Å². The summed E-state index contributed by atoms with van der Waals surface area (Å²) in [6.07, 6.45) is 0.719. The summed E-state index contributed by atoms with van der Waals surface area (Å²) in [6.45, 7) is 0. The van der Waals surface area contributed by atoms with Crippen molar-refractivity contribution in [2.75, 3.05) is 0 Å². The lowest BCUT2D eigenvalue weighted by Crippen LogP contribution is -1.85. The van der Waals surface area contributed by atoms with E-state index in [1.165, 1.54) is 12.1 Å². The van der Waals surface area contributed by atoms with E-state index in [2.05, 4.69) is 4.98 Å². The molecule has 0 aliphatic carbocycles. The molecule has 0 aliphatic heterocycles. The summed E-state index contributed by atoms with van der Waals surface area (Å²) in [5, 5.41) is 1.10. The maximum absolute atomic E-state index is 13.3. The number of halogens is 2. The molecule has 94 valence electrons. The van der Waals surface area contributed by atoms with Crippen molar-refractivity contribution in [2.45, 2.75) is 0 Å². The molecule has 0 amide bonds. The lowest BCUT2D eigenvalue weighted by molar-refractivity contribution is 0.112.